The first-order valence-electron chi connectivity index (χ1n) is 6.37. The molecule has 0 unspecified atom stereocenters. The molecule has 0 aliphatic heterocycles. The van der Waals surface area contributed by atoms with Crippen LogP contribution >= 0.6 is 12.2 Å². The average Bonchev–Trinajstić information content (AvgIpc) is 2.89. The van der Waals surface area contributed by atoms with Crippen LogP contribution in [0, 0.1) is 4.77 Å². The number of nitrogens with zero attached hydrogens (tertiary/aromatic N) is 4. The van der Waals surface area contributed by atoms with Crippen molar-refractivity contribution >= 4 is 18.2 Å². The van der Waals surface area contributed by atoms with Gasteiger partial charge in [-0.1, -0.05) is 18.2 Å². The van der Waals surface area contributed by atoms with Crippen molar-refractivity contribution in [3.8, 4) is 11.5 Å². The Bertz CT molecular complexity index is 872. The predicted octanol–water partition coefficient (Wildman–Crippen LogP) is 0.809. The SMILES string of the molecule is O=C([O-])c1cccc(Cn2c(-c3cnccn3)n[nH]c2=S)c1. The van der Waals surface area contributed by atoms with E-state index in [1.165, 1.54) is 6.07 Å². The number of aromatic carboxylic acids is 1. The third-order valence-electron chi connectivity index (χ3n) is 3.05. The molecule has 2 aromatic heterocycles. The number of hydrogen-bond donors (Lipinski definition) is 1. The van der Waals surface area contributed by atoms with E-state index in [4.69, 9.17) is 12.2 Å². The average molecular weight is 312 g/mol. The highest BCUT2D eigenvalue weighted by Crippen LogP contribution is 2.15. The molecule has 7 nitrogen and oxygen atoms in total. The number of carboxylic acid groups (broad SMARTS) is 1. The van der Waals surface area contributed by atoms with Gasteiger partial charge in [0.1, 0.15) is 5.69 Å². The van der Waals surface area contributed by atoms with E-state index >= 15 is 0 Å². The molecule has 3 rings (SSSR count). The standard InChI is InChI=1S/C14H11N5O2S/c20-13(21)10-3-1-2-9(6-10)8-19-12(17-18-14(19)22)11-7-15-4-5-16-11/h1-7H,8H2,(H,18,22)(H,20,21)/p-1. The zero-order chi connectivity index (χ0) is 15.5. The molecule has 1 N–H and O–H groups in total. The van der Waals surface area contributed by atoms with Crippen LogP contribution in [0.25, 0.3) is 11.5 Å². The van der Waals surface area contributed by atoms with Gasteiger partial charge in [-0.25, -0.2) is 4.98 Å². The highest BCUT2D eigenvalue weighted by Gasteiger charge is 2.11. The van der Waals surface area contributed by atoms with Crippen molar-refractivity contribution in [3.05, 3.63) is 58.8 Å². The molecule has 0 bridgehead atoms. The molecule has 0 saturated heterocycles. The number of H-pyrrole nitrogens is 1. The van der Waals surface area contributed by atoms with Gasteiger partial charge in [0.05, 0.1) is 18.7 Å². The lowest BCUT2D eigenvalue weighted by atomic mass is 10.1. The monoisotopic (exact) mass is 312 g/mol. The molecule has 0 amide bonds. The lowest BCUT2D eigenvalue weighted by Gasteiger charge is -2.08. The summed E-state index contributed by atoms with van der Waals surface area (Å²) in [5.41, 5.74) is 1.46. The fraction of sp³-hybridized carbons (Fsp3) is 0.0714. The van der Waals surface area contributed by atoms with E-state index in [1.54, 1.807) is 35.3 Å². The summed E-state index contributed by atoms with van der Waals surface area (Å²) < 4.78 is 2.15. The van der Waals surface area contributed by atoms with Gasteiger partial charge < -0.3 is 9.90 Å². The van der Waals surface area contributed by atoms with Gasteiger partial charge in [-0.3, -0.25) is 14.6 Å². The number of carboxylic acids is 1. The quantitative estimate of drug-likeness (QED) is 0.716. The Morgan fingerprint density at radius 3 is 2.95 bits per heavy atom. The van der Waals surface area contributed by atoms with Gasteiger partial charge >= 0.3 is 0 Å². The summed E-state index contributed by atoms with van der Waals surface area (Å²) in [4.78, 5) is 19.1. The second kappa shape index (κ2) is 5.86. The highest BCUT2D eigenvalue weighted by molar-refractivity contribution is 7.71. The van der Waals surface area contributed by atoms with E-state index in [1.807, 2.05) is 6.07 Å². The molecule has 110 valence electrons. The lowest BCUT2D eigenvalue weighted by molar-refractivity contribution is -0.255. The molecule has 0 aliphatic rings. The Kier molecular flexibility index (Phi) is 3.75. The Morgan fingerprint density at radius 2 is 2.23 bits per heavy atom. The van der Waals surface area contributed by atoms with Crippen LogP contribution in [0.2, 0.25) is 0 Å². The van der Waals surface area contributed by atoms with E-state index in [-0.39, 0.29) is 5.56 Å². The van der Waals surface area contributed by atoms with Gasteiger partial charge in [0, 0.05) is 12.4 Å². The predicted molar refractivity (Wildman–Crippen MR) is 78.3 cm³/mol. The first kappa shape index (κ1) is 14.1. The highest BCUT2D eigenvalue weighted by atomic mass is 32.1. The maximum absolute atomic E-state index is 10.9. The number of nitrogens with one attached hydrogen (secondary N) is 1. The third kappa shape index (κ3) is 2.77. The van der Waals surface area contributed by atoms with Gasteiger partial charge in [0.25, 0.3) is 0 Å². The number of carbonyl (C=O) groups excluding carboxylic acids is 1. The Hall–Kier alpha value is -2.87. The van der Waals surface area contributed by atoms with Crippen LogP contribution in [0.3, 0.4) is 0 Å². The van der Waals surface area contributed by atoms with E-state index < -0.39 is 5.97 Å². The third-order valence-corrected chi connectivity index (χ3v) is 3.37. The first-order chi connectivity index (χ1) is 10.6. The molecule has 0 radical (unpaired) electrons. The lowest BCUT2D eigenvalue weighted by Crippen LogP contribution is -2.22. The van der Waals surface area contributed by atoms with Crippen LogP contribution in [0.5, 0.6) is 0 Å². The number of aromatic nitrogens is 5. The fourth-order valence-corrected chi connectivity index (χ4v) is 2.25. The van der Waals surface area contributed by atoms with Crippen molar-refractivity contribution in [2.45, 2.75) is 6.54 Å². The first-order valence-corrected chi connectivity index (χ1v) is 6.78. The maximum Gasteiger partial charge on any atom is 0.195 e. The van der Waals surface area contributed by atoms with E-state index in [9.17, 15) is 9.90 Å². The zero-order valence-corrected chi connectivity index (χ0v) is 12.1. The van der Waals surface area contributed by atoms with Gasteiger partial charge in [0.2, 0.25) is 0 Å². The van der Waals surface area contributed by atoms with Gasteiger partial charge in [-0.05, 0) is 29.4 Å². The largest absolute Gasteiger partial charge is 0.545 e. The number of aromatic amines is 1. The van der Waals surface area contributed by atoms with E-state index in [0.717, 1.165) is 5.56 Å². The molecule has 8 heteroatoms. The van der Waals surface area contributed by atoms with Gasteiger partial charge in [-0.2, -0.15) is 5.10 Å². The fourth-order valence-electron chi connectivity index (χ4n) is 2.05. The number of rotatable bonds is 4. The molecule has 0 atom stereocenters. The molecule has 0 fully saturated rings. The minimum atomic E-state index is -1.22. The summed E-state index contributed by atoms with van der Waals surface area (Å²) in [5, 5.41) is 17.8. The summed E-state index contributed by atoms with van der Waals surface area (Å²) >= 11 is 5.22. The molecule has 22 heavy (non-hydrogen) atoms. The topological polar surface area (TPSA) is 99.5 Å². The molecule has 0 saturated carbocycles. The van der Waals surface area contributed by atoms with Gasteiger partial charge in [0.15, 0.2) is 10.6 Å². The van der Waals surface area contributed by atoms with Gasteiger partial charge in [-0.15, -0.1) is 0 Å². The van der Waals surface area contributed by atoms with Crippen LogP contribution in [0.15, 0.2) is 42.9 Å². The number of benzene rings is 1. The number of hydrogen-bond acceptors (Lipinski definition) is 6. The summed E-state index contributed by atoms with van der Waals surface area (Å²) in [6.45, 7) is 0.363. The number of carbonyl (C=O) groups is 1. The van der Waals surface area contributed by atoms with Crippen molar-refractivity contribution in [1.29, 1.82) is 0 Å². The minimum absolute atomic E-state index is 0.119. The van der Waals surface area contributed by atoms with Crippen LogP contribution < -0.4 is 5.11 Å². The Labute approximate surface area is 130 Å². The summed E-state index contributed by atoms with van der Waals surface area (Å²) in [6.07, 6.45) is 4.71. The van der Waals surface area contributed by atoms with Crippen molar-refractivity contribution < 1.29 is 9.90 Å². The second-order valence-electron chi connectivity index (χ2n) is 4.52. The maximum atomic E-state index is 10.9. The summed E-state index contributed by atoms with van der Waals surface area (Å²) in [6, 6.07) is 6.50. The smallest absolute Gasteiger partial charge is 0.195 e. The molecule has 0 spiro atoms. The van der Waals surface area contributed by atoms with Crippen molar-refractivity contribution in [3.63, 3.8) is 0 Å². The molecular formula is C14H10N5O2S-. The second-order valence-corrected chi connectivity index (χ2v) is 4.90. The minimum Gasteiger partial charge on any atom is -0.545 e. The normalized spacial score (nSPS) is 10.5. The molecular weight excluding hydrogens is 302 g/mol. The van der Waals surface area contributed by atoms with E-state index in [0.29, 0.717) is 22.8 Å². The molecule has 1 aromatic carbocycles. The van der Waals surface area contributed by atoms with Crippen LogP contribution in [0.1, 0.15) is 15.9 Å². The Balaban J connectivity index is 2.00. The van der Waals surface area contributed by atoms with Crippen LogP contribution in [-0.4, -0.2) is 30.7 Å². The summed E-state index contributed by atoms with van der Waals surface area (Å²) in [5.74, 6) is -0.677. The molecule has 2 heterocycles. The van der Waals surface area contributed by atoms with Crippen LogP contribution in [0.4, 0.5) is 0 Å². The molecule has 3 aromatic rings. The van der Waals surface area contributed by atoms with E-state index in [2.05, 4.69) is 20.2 Å². The van der Waals surface area contributed by atoms with Crippen LogP contribution in [-0.2, 0) is 6.54 Å². The van der Waals surface area contributed by atoms with Crippen molar-refractivity contribution in [2.75, 3.05) is 0 Å². The van der Waals surface area contributed by atoms with Crippen molar-refractivity contribution in [1.82, 2.24) is 24.7 Å². The summed E-state index contributed by atoms with van der Waals surface area (Å²) in [7, 11) is 0. The molecule has 0 aliphatic carbocycles. The Morgan fingerprint density at radius 1 is 1.36 bits per heavy atom. The van der Waals surface area contributed by atoms with Crippen molar-refractivity contribution in [2.24, 2.45) is 0 Å². The zero-order valence-electron chi connectivity index (χ0n) is 11.3.